The van der Waals surface area contributed by atoms with Crippen LogP contribution in [-0.2, 0) is 20.7 Å². The van der Waals surface area contributed by atoms with Crippen molar-refractivity contribution < 1.29 is 29.3 Å². The third-order valence-corrected chi connectivity index (χ3v) is 5.29. The smallest absolute Gasteiger partial charge is 0.408 e. The van der Waals surface area contributed by atoms with Crippen molar-refractivity contribution >= 4 is 49.8 Å². The number of carbonyl (C=O) groups excluding carboxylic acids is 2. The normalized spacial score (nSPS) is 13.2. The van der Waals surface area contributed by atoms with E-state index in [2.05, 4.69) is 42.5 Å². The maximum atomic E-state index is 12.8. The summed E-state index contributed by atoms with van der Waals surface area (Å²) in [5.41, 5.74) is 5.33. The monoisotopic (exact) mass is 565 g/mol. The Bertz CT molecular complexity index is 775. The number of phenols is 1. The summed E-state index contributed by atoms with van der Waals surface area (Å²) in [5, 5.41) is 24.4. The van der Waals surface area contributed by atoms with Crippen molar-refractivity contribution in [2.24, 2.45) is 5.73 Å². The van der Waals surface area contributed by atoms with E-state index in [0.717, 1.165) is 0 Å². The van der Waals surface area contributed by atoms with Crippen molar-refractivity contribution in [1.29, 1.82) is 0 Å². The molecule has 9 nitrogen and oxygen atoms in total. The van der Waals surface area contributed by atoms with Crippen molar-refractivity contribution in [1.82, 2.24) is 10.6 Å². The second-order valence-electron chi connectivity index (χ2n) is 7.99. The van der Waals surface area contributed by atoms with E-state index in [0.29, 0.717) is 33.9 Å². The fourth-order valence-corrected chi connectivity index (χ4v) is 3.94. The van der Waals surface area contributed by atoms with E-state index in [-0.39, 0.29) is 18.6 Å². The van der Waals surface area contributed by atoms with E-state index in [9.17, 15) is 24.6 Å². The van der Waals surface area contributed by atoms with Crippen LogP contribution in [0.15, 0.2) is 21.1 Å². The van der Waals surface area contributed by atoms with Gasteiger partial charge < -0.3 is 31.3 Å². The lowest BCUT2D eigenvalue weighted by Crippen LogP contribution is -2.52. The fraction of sp³-hybridized carbons (Fsp3) is 0.550. The van der Waals surface area contributed by atoms with Gasteiger partial charge in [-0.05, 0) is 96.1 Å². The van der Waals surface area contributed by atoms with Crippen molar-refractivity contribution in [2.75, 3.05) is 6.54 Å². The number of hydrogen-bond donors (Lipinski definition) is 5. The average Bonchev–Trinajstić information content (AvgIpc) is 2.63. The van der Waals surface area contributed by atoms with Gasteiger partial charge in [0.1, 0.15) is 23.4 Å². The van der Waals surface area contributed by atoms with E-state index < -0.39 is 35.7 Å². The molecule has 1 aromatic rings. The highest BCUT2D eigenvalue weighted by molar-refractivity contribution is 9.11. The number of rotatable bonds is 10. The minimum absolute atomic E-state index is 0.0128. The molecule has 0 radical (unpaired) electrons. The Balaban J connectivity index is 2.94. The first kappa shape index (κ1) is 27.2. The van der Waals surface area contributed by atoms with E-state index in [4.69, 9.17) is 10.5 Å². The molecule has 6 N–H and O–H groups in total. The zero-order chi connectivity index (χ0) is 23.8. The minimum Gasteiger partial charge on any atom is -0.506 e. The molecule has 1 rings (SSSR count). The topological polar surface area (TPSA) is 151 Å². The quantitative estimate of drug-likeness (QED) is 0.273. The SMILES string of the molecule is CC(C)(C)OC(=O)N[C@@H](CCCCN)C(=O)NC(Cc1cc(Br)c(O)c(Br)c1)C(=O)O. The molecule has 0 aliphatic rings. The summed E-state index contributed by atoms with van der Waals surface area (Å²) < 4.78 is 5.98. The second kappa shape index (κ2) is 12.3. The Kier molecular flexibility index (Phi) is 10.7. The first-order valence-electron chi connectivity index (χ1n) is 9.73. The number of benzene rings is 1. The lowest BCUT2D eigenvalue weighted by molar-refractivity contribution is -0.142. The summed E-state index contributed by atoms with van der Waals surface area (Å²) in [6, 6.07) is 0.926. The van der Waals surface area contributed by atoms with E-state index >= 15 is 0 Å². The van der Waals surface area contributed by atoms with Crippen LogP contribution in [0.5, 0.6) is 5.75 Å². The average molecular weight is 567 g/mol. The van der Waals surface area contributed by atoms with E-state index in [1.807, 2.05) is 0 Å². The number of nitrogens with two attached hydrogens (primary N) is 1. The van der Waals surface area contributed by atoms with Crippen LogP contribution in [0.25, 0.3) is 0 Å². The number of aliphatic carboxylic acids is 1. The molecule has 1 aromatic carbocycles. The van der Waals surface area contributed by atoms with E-state index in [1.165, 1.54) is 0 Å². The summed E-state index contributed by atoms with van der Waals surface area (Å²) >= 11 is 6.40. The molecule has 11 heteroatoms. The Labute approximate surface area is 198 Å². The van der Waals surface area contributed by atoms with Crippen molar-refractivity contribution in [3.05, 3.63) is 26.6 Å². The summed E-state index contributed by atoms with van der Waals surface area (Å²) in [6.07, 6.45) is 0.710. The van der Waals surface area contributed by atoms with Gasteiger partial charge in [-0.2, -0.15) is 0 Å². The number of carbonyl (C=O) groups is 3. The zero-order valence-corrected chi connectivity index (χ0v) is 20.9. The maximum absolute atomic E-state index is 12.8. The van der Waals surface area contributed by atoms with Crippen molar-refractivity contribution in [3.63, 3.8) is 0 Å². The molecule has 0 heterocycles. The van der Waals surface area contributed by atoms with Gasteiger partial charge in [-0.1, -0.05) is 0 Å². The summed E-state index contributed by atoms with van der Waals surface area (Å²) in [7, 11) is 0. The van der Waals surface area contributed by atoms with Gasteiger partial charge in [-0.3, -0.25) is 4.79 Å². The van der Waals surface area contributed by atoms with Crippen molar-refractivity contribution in [2.45, 2.75) is 64.1 Å². The van der Waals surface area contributed by atoms with Crippen LogP contribution in [0.2, 0.25) is 0 Å². The first-order valence-corrected chi connectivity index (χ1v) is 11.3. The largest absolute Gasteiger partial charge is 0.506 e. The third-order valence-electron chi connectivity index (χ3n) is 4.09. The highest BCUT2D eigenvalue weighted by Gasteiger charge is 2.28. The number of amides is 2. The van der Waals surface area contributed by atoms with Gasteiger partial charge in [0.05, 0.1) is 8.95 Å². The van der Waals surface area contributed by atoms with Crippen LogP contribution in [-0.4, -0.2) is 52.4 Å². The number of phenolic OH excluding ortho intramolecular Hbond substituents is 1. The number of carboxylic acids is 1. The molecule has 0 aliphatic heterocycles. The van der Waals surface area contributed by atoms with Gasteiger partial charge in [0, 0.05) is 6.42 Å². The van der Waals surface area contributed by atoms with Crippen LogP contribution >= 0.6 is 31.9 Å². The van der Waals surface area contributed by atoms with Crippen LogP contribution < -0.4 is 16.4 Å². The van der Waals surface area contributed by atoms with Gasteiger partial charge in [-0.15, -0.1) is 0 Å². The maximum Gasteiger partial charge on any atom is 0.408 e. The molecular weight excluding hydrogens is 538 g/mol. The number of nitrogens with one attached hydrogen (secondary N) is 2. The number of unbranched alkanes of at least 4 members (excludes halogenated alkanes) is 1. The van der Waals surface area contributed by atoms with Gasteiger partial charge in [-0.25, -0.2) is 9.59 Å². The van der Waals surface area contributed by atoms with Crippen LogP contribution in [0.3, 0.4) is 0 Å². The molecule has 2 atom stereocenters. The third kappa shape index (κ3) is 9.88. The molecule has 0 spiro atoms. The molecule has 1 unspecified atom stereocenters. The number of ether oxygens (including phenoxy) is 1. The summed E-state index contributed by atoms with van der Waals surface area (Å²) in [5.74, 6) is -1.87. The molecule has 0 aromatic heterocycles. The lowest BCUT2D eigenvalue weighted by Gasteiger charge is -2.24. The van der Waals surface area contributed by atoms with Crippen LogP contribution in [0.1, 0.15) is 45.6 Å². The number of hydrogen-bond acceptors (Lipinski definition) is 6. The Morgan fingerprint density at radius 3 is 2.16 bits per heavy atom. The molecule has 0 fully saturated rings. The zero-order valence-electron chi connectivity index (χ0n) is 17.7. The lowest BCUT2D eigenvalue weighted by atomic mass is 10.0. The summed E-state index contributed by atoms with van der Waals surface area (Å²) in [4.78, 5) is 36.7. The van der Waals surface area contributed by atoms with Crippen molar-refractivity contribution in [3.8, 4) is 5.75 Å². The molecule has 31 heavy (non-hydrogen) atoms. The molecular formula is C20H29Br2N3O6. The number of alkyl carbamates (subject to hydrolysis) is 1. The number of carboxylic acid groups (broad SMARTS) is 1. The predicted molar refractivity (Wildman–Crippen MR) is 123 cm³/mol. The first-order chi connectivity index (χ1) is 14.3. The second-order valence-corrected chi connectivity index (χ2v) is 9.70. The fourth-order valence-electron chi connectivity index (χ4n) is 2.66. The van der Waals surface area contributed by atoms with Gasteiger partial charge >= 0.3 is 12.1 Å². The molecule has 174 valence electrons. The predicted octanol–water partition coefficient (Wildman–Crippen LogP) is 3.05. The summed E-state index contributed by atoms with van der Waals surface area (Å²) in [6.45, 7) is 5.53. The Morgan fingerprint density at radius 1 is 1.10 bits per heavy atom. The van der Waals surface area contributed by atoms with Gasteiger partial charge in [0.25, 0.3) is 0 Å². The Hall–Kier alpha value is -1.85. The minimum atomic E-state index is -1.24. The van der Waals surface area contributed by atoms with E-state index in [1.54, 1.807) is 32.9 Å². The highest BCUT2D eigenvalue weighted by Crippen LogP contribution is 2.33. The Morgan fingerprint density at radius 2 is 1.68 bits per heavy atom. The molecule has 0 aliphatic carbocycles. The van der Waals surface area contributed by atoms with Gasteiger partial charge in [0.15, 0.2) is 0 Å². The van der Waals surface area contributed by atoms with Crippen LogP contribution in [0, 0.1) is 0 Å². The van der Waals surface area contributed by atoms with Gasteiger partial charge in [0.2, 0.25) is 5.91 Å². The molecule has 0 saturated heterocycles. The standard InChI is InChI=1S/C20H29Br2N3O6/c1-20(2,3)31-19(30)25-14(6-4-5-7-23)17(27)24-15(18(28)29)10-11-8-12(21)16(26)13(22)9-11/h8-9,14-15,26H,4-7,10,23H2,1-3H3,(H,24,27)(H,25,30)(H,28,29)/t14-,15?/m0/s1. The van der Waals surface area contributed by atoms with Crippen LogP contribution in [0.4, 0.5) is 4.79 Å². The highest BCUT2D eigenvalue weighted by atomic mass is 79.9. The number of halogens is 2. The molecule has 2 amide bonds. The number of aromatic hydroxyl groups is 1. The molecule has 0 bridgehead atoms. The molecule has 0 saturated carbocycles.